The van der Waals surface area contributed by atoms with E-state index in [9.17, 15) is 4.79 Å². The second-order valence-corrected chi connectivity index (χ2v) is 5.17. The minimum absolute atomic E-state index is 0.0722. The van der Waals surface area contributed by atoms with E-state index in [4.69, 9.17) is 5.11 Å². The number of rotatable bonds is 5. The molecule has 0 aliphatic carbocycles. The van der Waals surface area contributed by atoms with Gasteiger partial charge in [0.1, 0.15) is 5.01 Å². The third kappa shape index (κ3) is 3.79. The van der Waals surface area contributed by atoms with Crippen molar-refractivity contribution >= 4 is 17.4 Å². The number of thiazole rings is 1. The number of amides is 2. The van der Waals surface area contributed by atoms with Crippen LogP contribution in [0.3, 0.4) is 0 Å². The Balaban J connectivity index is 2.00. The van der Waals surface area contributed by atoms with Crippen molar-refractivity contribution in [3.8, 4) is 11.3 Å². The van der Waals surface area contributed by atoms with Crippen LogP contribution >= 0.6 is 11.3 Å². The van der Waals surface area contributed by atoms with Crippen LogP contribution in [0.4, 0.5) is 4.79 Å². The van der Waals surface area contributed by atoms with Gasteiger partial charge in [-0.05, 0) is 6.92 Å². The van der Waals surface area contributed by atoms with Gasteiger partial charge in [0.05, 0.1) is 18.3 Å². The van der Waals surface area contributed by atoms with Crippen molar-refractivity contribution in [1.29, 1.82) is 0 Å². The molecule has 0 aliphatic rings. The topological polar surface area (TPSA) is 74.2 Å². The Bertz CT molecular complexity index is 557. The van der Waals surface area contributed by atoms with Crippen LogP contribution in [0.2, 0.25) is 0 Å². The highest BCUT2D eigenvalue weighted by Crippen LogP contribution is 2.25. The zero-order valence-electron chi connectivity index (χ0n) is 11.2. The number of aliphatic hydroxyl groups excluding tert-OH is 1. The lowest BCUT2D eigenvalue weighted by molar-refractivity contribution is 0.231. The molecule has 1 aromatic carbocycles. The Morgan fingerprint density at radius 3 is 2.85 bits per heavy atom. The molecule has 6 heteroatoms. The number of nitrogens with zero attached hydrogens (tertiary/aromatic N) is 1. The maximum atomic E-state index is 11.5. The largest absolute Gasteiger partial charge is 0.395 e. The first-order valence-electron chi connectivity index (χ1n) is 6.37. The van der Waals surface area contributed by atoms with Crippen LogP contribution < -0.4 is 10.6 Å². The summed E-state index contributed by atoms with van der Waals surface area (Å²) in [4.78, 5) is 16.0. The zero-order chi connectivity index (χ0) is 14.4. The maximum Gasteiger partial charge on any atom is 0.315 e. The standard InChI is InChI=1S/C14H17N3O2S/c1-10(16-14(19)15-7-8-18)13-17-12(9-20-13)11-5-3-2-4-6-11/h2-6,9-10,18H,7-8H2,1H3,(H2,15,16,19). The van der Waals surface area contributed by atoms with Gasteiger partial charge in [0.2, 0.25) is 0 Å². The van der Waals surface area contributed by atoms with E-state index in [1.54, 1.807) is 0 Å². The molecule has 0 bridgehead atoms. The zero-order valence-corrected chi connectivity index (χ0v) is 12.0. The van der Waals surface area contributed by atoms with Crippen LogP contribution in [0.15, 0.2) is 35.7 Å². The van der Waals surface area contributed by atoms with Gasteiger partial charge >= 0.3 is 6.03 Å². The molecule has 0 fully saturated rings. The Morgan fingerprint density at radius 1 is 1.40 bits per heavy atom. The van der Waals surface area contributed by atoms with Crippen molar-refractivity contribution in [3.05, 3.63) is 40.7 Å². The van der Waals surface area contributed by atoms with E-state index in [2.05, 4.69) is 15.6 Å². The quantitative estimate of drug-likeness (QED) is 0.790. The van der Waals surface area contributed by atoms with Crippen LogP contribution in [0.5, 0.6) is 0 Å². The number of aliphatic hydroxyl groups is 1. The molecule has 1 heterocycles. The average molecular weight is 291 g/mol. The van der Waals surface area contributed by atoms with E-state index in [1.165, 1.54) is 11.3 Å². The minimum Gasteiger partial charge on any atom is -0.395 e. The second-order valence-electron chi connectivity index (χ2n) is 4.28. The van der Waals surface area contributed by atoms with Crippen molar-refractivity contribution in [3.63, 3.8) is 0 Å². The Kier molecular flexibility index (Phi) is 5.09. The van der Waals surface area contributed by atoms with Crippen LogP contribution in [-0.4, -0.2) is 29.3 Å². The third-order valence-corrected chi connectivity index (χ3v) is 3.73. The molecule has 106 valence electrons. The third-order valence-electron chi connectivity index (χ3n) is 2.71. The van der Waals surface area contributed by atoms with Crippen molar-refractivity contribution in [1.82, 2.24) is 15.6 Å². The van der Waals surface area contributed by atoms with E-state index < -0.39 is 0 Å². The first-order chi connectivity index (χ1) is 9.70. The van der Waals surface area contributed by atoms with E-state index in [0.29, 0.717) is 0 Å². The van der Waals surface area contributed by atoms with E-state index in [0.717, 1.165) is 16.3 Å². The molecule has 5 nitrogen and oxygen atoms in total. The molecule has 0 saturated heterocycles. The Morgan fingerprint density at radius 2 is 2.15 bits per heavy atom. The van der Waals surface area contributed by atoms with Crippen molar-refractivity contribution < 1.29 is 9.90 Å². The second kappa shape index (κ2) is 7.02. The van der Waals surface area contributed by atoms with E-state index >= 15 is 0 Å². The van der Waals surface area contributed by atoms with Gasteiger partial charge in [0, 0.05) is 17.5 Å². The molecule has 0 radical (unpaired) electrons. The summed E-state index contributed by atoms with van der Waals surface area (Å²) in [7, 11) is 0. The number of urea groups is 1. The molecule has 1 unspecified atom stereocenters. The number of benzene rings is 1. The monoisotopic (exact) mass is 291 g/mol. The highest BCUT2D eigenvalue weighted by molar-refractivity contribution is 7.10. The number of carbonyl (C=O) groups is 1. The number of carbonyl (C=O) groups excluding carboxylic acids is 1. The first kappa shape index (κ1) is 14.5. The van der Waals surface area contributed by atoms with Crippen molar-refractivity contribution in [2.45, 2.75) is 13.0 Å². The highest BCUT2D eigenvalue weighted by Gasteiger charge is 2.13. The molecular weight excluding hydrogens is 274 g/mol. The lowest BCUT2D eigenvalue weighted by Crippen LogP contribution is -2.38. The fourth-order valence-electron chi connectivity index (χ4n) is 1.71. The lowest BCUT2D eigenvalue weighted by atomic mass is 10.2. The maximum absolute atomic E-state index is 11.5. The van der Waals surface area contributed by atoms with Gasteiger partial charge in [-0.15, -0.1) is 11.3 Å². The van der Waals surface area contributed by atoms with Crippen LogP contribution in [-0.2, 0) is 0 Å². The van der Waals surface area contributed by atoms with Crippen LogP contribution in [0.25, 0.3) is 11.3 Å². The van der Waals surface area contributed by atoms with Gasteiger partial charge in [-0.3, -0.25) is 0 Å². The van der Waals surface area contributed by atoms with Gasteiger partial charge in [-0.2, -0.15) is 0 Å². The smallest absolute Gasteiger partial charge is 0.315 e. The first-order valence-corrected chi connectivity index (χ1v) is 7.24. The summed E-state index contributed by atoms with van der Waals surface area (Å²) < 4.78 is 0. The number of hydrogen-bond acceptors (Lipinski definition) is 4. The fourth-order valence-corrected chi connectivity index (χ4v) is 2.54. The predicted octanol–water partition coefficient (Wildman–Crippen LogP) is 2.16. The normalized spacial score (nSPS) is 11.9. The fraction of sp³-hybridized carbons (Fsp3) is 0.286. The van der Waals surface area contributed by atoms with Gasteiger partial charge in [-0.25, -0.2) is 9.78 Å². The average Bonchev–Trinajstić information content (AvgIpc) is 2.96. The summed E-state index contributed by atoms with van der Waals surface area (Å²) in [5.41, 5.74) is 1.97. The molecule has 2 amide bonds. The summed E-state index contributed by atoms with van der Waals surface area (Å²) in [6.07, 6.45) is 0. The molecule has 0 spiro atoms. The van der Waals surface area contributed by atoms with Gasteiger partial charge in [0.25, 0.3) is 0 Å². The lowest BCUT2D eigenvalue weighted by Gasteiger charge is -2.11. The molecule has 2 aromatic rings. The number of aromatic nitrogens is 1. The van der Waals surface area contributed by atoms with Gasteiger partial charge < -0.3 is 15.7 Å². The van der Waals surface area contributed by atoms with Crippen molar-refractivity contribution in [2.24, 2.45) is 0 Å². The SMILES string of the molecule is CC(NC(=O)NCCO)c1nc(-c2ccccc2)cs1. The molecule has 2 rings (SSSR count). The molecule has 0 saturated carbocycles. The Labute approximate surface area is 121 Å². The minimum atomic E-state index is -0.303. The molecule has 3 N–H and O–H groups in total. The van der Waals surface area contributed by atoms with Gasteiger partial charge in [0.15, 0.2) is 0 Å². The molecule has 1 aromatic heterocycles. The van der Waals surface area contributed by atoms with Crippen LogP contribution in [0, 0.1) is 0 Å². The summed E-state index contributed by atoms with van der Waals surface area (Å²) in [6.45, 7) is 2.05. The summed E-state index contributed by atoms with van der Waals surface area (Å²) in [5.74, 6) is 0. The van der Waals surface area contributed by atoms with E-state index in [-0.39, 0.29) is 25.2 Å². The molecular formula is C14H17N3O2S. The number of nitrogens with one attached hydrogen (secondary N) is 2. The van der Waals surface area contributed by atoms with Gasteiger partial charge in [-0.1, -0.05) is 30.3 Å². The van der Waals surface area contributed by atoms with Crippen molar-refractivity contribution in [2.75, 3.05) is 13.2 Å². The van der Waals surface area contributed by atoms with Crippen LogP contribution in [0.1, 0.15) is 18.0 Å². The predicted molar refractivity (Wildman–Crippen MR) is 79.6 cm³/mol. The van der Waals surface area contributed by atoms with E-state index in [1.807, 2.05) is 42.6 Å². The highest BCUT2D eigenvalue weighted by atomic mass is 32.1. The summed E-state index contributed by atoms with van der Waals surface area (Å²) in [6, 6.07) is 9.44. The number of hydrogen-bond donors (Lipinski definition) is 3. The summed E-state index contributed by atoms with van der Waals surface area (Å²) in [5, 5.41) is 16.8. The summed E-state index contributed by atoms with van der Waals surface area (Å²) >= 11 is 1.52. The molecule has 20 heavy (non-hydrogen) atoms. The molecule has 0 aliphatic heterocycles. The molecule has 1 atom stereocenters. The Hall–Kier alpha value is -1.92.